The fraction of sp³-hybridized carbons (Fsp3) is 0.500. The first-order chi connectivity index (χ1) is 9.78. The zero-order valence-electron chi connectivity index (χ0n) is 12.7. The second kappa shape index (κ2) is 5.76. The van der Waals surface area contributed by atoms with E-state index in [1.54, 1.807) is 4.90 Å². The SMILES string of the molecule is CC(C)(C)CNC(=O)N1CC(C(=O)O)Cc2ccccc21. The Bertz CT molecular complexity index is 549. The maximum atomic E-state index is 12.4. The summed E-state index contributed by atoms with van der Waals surface area (Å²) in [6.45, 7) is 6.87. The number of fused-ring (bicyclic) bond motifs is 1. The number of para-hydroxylation sites is 1. The van der Waals surface area contributed by atoms with E-state index < -0.39 is 11.9 Å². The van der Waals surface area contributed by atoms with Gasteiger partial charge in [-0.2, -0.15) is 0 Å². The number of carbonyl (C=O) groups is 2. The summed E-state index contributed by atoms with van der Waals surface area (Å²) in [7, 11) is 0. The minimum absolute atomic E-state index is 0.0167. The summed E-state index contributed by atoms with van der Waals surface area (Å²) in [5, 5.41) is 12.2. The molecule has 0 saturated heterocycles. The van der Waals surface area contributed by atoms with Crippen molar-refractivity contribution in [1.29, 1.82) is 0 Å². The molecule has 2 rings (SSSR count). The van der Waals surface area contributed by atoms with Crippen LogP contribution in [-0.4, -0.2) is 30.2 Å². The first-order valence-electron chi connectivity index (χ1n) is 7.14. The van der Waals surface area contributed by atoms with Gasteiger partial charge in [0.05, 0.1) is 5.92 Å². The van der Waals surface area contributed by atoms with Crippen molar-refractivity contribution < 1.29 is 14.7 Å². The predicted octanol–water partition coefficient (Wildman–Crippen LogP) is 2.51. The normalized spacial score (nSPS) is 18.0. The van der Waals surface area contributed by atoms with Crippen molar-refractivity contribution in [2.45, 2.75) is 27.2 Å². The summed E-state index contributed by atoms with van der Waals surface area (Å²) in [4.78, 5) is 25.2. The minimum atomic E-state index is -0.863. The van der Waals surface area contributed by atoms with Gasteiger partial charge >= 0.3 is 12.0 Å². The standard InChI is InChI=1S/C16H22N2O3/c1-16(2,3)10-17-15(21)18-9-12(14(19)20)8-11-6-4-5-7-13(11)18/h4-7,12H,8-10H2,1-3H3,(H,17,21)(H,19,20). The largest absolute Gasteiger partial charge is 0.481 e. The molecule has 0 bridgehead atoms. The lowest BCUT2D eigenvalue weighted by Gasteiger charge is -2.33. The van der Waals surface area contributed by atoms with Crippen LogP contribution in [-0.2, 0) is 11.2 Å². The number of carboxylic acid groups (broad SMARTS) is 1. The van der Waals surface area contributed by atoms with Gasteiger partial charge in [0.1, 0.15) is 0 Å². The summed E-state index contributed by atoms with van der Waals surface area (Å²) in [5.74, 6) is -1.42. The Morgan fingerprint density at radius 3 is 2.62 bits per heavy atom. The van der Waals surface area contributed by atoms with Crippen LogP contribution in [0.3, 0.4) is 0 Å². The Hall–Kier alpha value is -2.04. The topological polar surface area (TPSA) is 69.6 Å². The van der Waals surface area contributed by atoms with E-state index >= 15 is 0 Å². The van der Waals surface area contributed by atoms with E-state index in [-0.39, 0.29) is 18.0 Å². The zero-order valence-corrected chi connectivity index (χ0v) is 12.7. The number of aliphatic carboxylic acids is 1. The Labute approximate surface area is 125 Å². The Balaban J connectivity index is 2.21. The van der Waals surface area contributed by atoms with Gasteiger partial charge in [-0.25, -0.2) is 4.79 Å². The molecule has 0 saturated carbocycles. The van der Waals surface area contributed by atoms with Crippen LogP contribution < -0.4 is 10.2 Å². The Morgan fingerprint density at radius 1 is 1.33 bits per heavy atom. The average Bonchev–Trinajstić information content (AvgIpc) is 2.42. The van der Waals surface area contributed by atoms with Gasteiger partial charge in [0.2, 0.25) is 0 Å². The third-order valence-corrected chi connectivity index (χ3v) is 3.52. The molecule has 2 amide bonds. The molecular weight excluding hydrogens is 268 g/mol. The van der Waals surface area contributed by atoms with Crippen molar-refractivity contribution in [1.82, 2.24) is 5.32 Å². The number of carbonyl (C=O) groups excluding carboxylic acids is 1. The number of amides is 2. The maximum absolute atomic E-state index is 12.4. The average molecular weight is 290 g/mol. The first-order valence-corrected chi connectivity index (χ1v) is 7.14. The molecule has 1 unspecified atom stereocenters. The molecule has 0 aliphatic carbocycles. The quantitative estimate of drug-likeness (QED) is 0.879. The minimum Gasteiger partial charge on any atom is -0.481 e. The van der Waals surface area contributed by atoms with Crippen molar-refractivity contribution >= 4 is 17.7 Å². The summed E-state index contributed by atoms with van der Waals surface area (Å²) in [6, 6.07) is 7.25. The fourth-order valence-corrected chi connectivity index (χ4v) is 2.39. The van der Waals surface area contributed by atoms with E-state index in [0.29, 0.717) is 13.0 Å². The molecule has 0 radical (unpaired) electrons. The molecule has 1 heterocycles. The highest BCUT2D eigenvalue weighted by molar-refractivity contribution is 5.94. The van der Waals surface area contributed by atoms with Gasteiger partial charge in [-0.05, 0) is 23.5 Å². The summed E-state index contributed by atoms with van der Waals surface area (Å²) >= 11 is 0. The molecule has 1 aromatic carbocycles. The maximum Gasteiger partial charge on any atom is 0.321 e. The van der Waals surface area contributed by atoms with E-state index in [1.165, 1.54) is 0 Å². The number of rotatable bonds is 2. The summed E-state index contributed by atoms with van der Waals surface area (Å²) < 4.78 is 0. The lowest BCUT2D eigenvalue weighted by atomic mass is 9.92. The molecule has 1 aliphatic rings. The highest BCUT2D eigenvalue weighted by Gasteiger charge is 2.32. The van der Waals surface area contributed by atoms with Gasteiger partial charge in [-0.1, -0.05) is 39.0 Å². The Morgan fingerprint density at radius 2 is 2.00 bits per heavy atom. The number of anilines is 1. The molecule has 0 aromatic heterocycles. The van der Waals surface area contributed by atoms with Crippen LogP contribution in [0, 0.1) is 11.3 Å². The van der Waals surface area contributed by atoms with E-state index in [9.17, 15) is 14.7 Å². The van der Waals surface area contributed by atoms with Crippen molar-refractivity contribution in [2.24, 2.45) is 11.3 Å². The van der Waals surface area contributed by atoms with Crippen LogP contribution in [0.25, 0.3) is 0 Å². The zero-order chi connectivity index (χ0) is 15.6. The Kier molecular flexibility index (Phi) is 4.21. The van der Waals surface area contributed by atoms with Crippen molar-refractivity contribution in [3.05, 3.63) is 29.8 Å². The molecule has 5 nitrogen and oxygen atoms in total. The van der Waals surface area contributed by atoms with E-state index in [2.05, 4.69) is 5.32 Å². The molecular formula is C16H22N2O3. The van der Waals surface area contributed by atoms with Gasteiger partial charge < -0.3 is 10.4 Å². The van der Waals surface area contributed by atoms with Gasteiger partial charge in [-0.15, -0.1) is 0 Å². The van der Waals surface area contributed by atoms with Crippen LogP contribution in [0.2, 0.25) is 0 Å². The highest BCUT2D eigenvalue weighted by Crippen LogP contribution is 2.29. The van der Waals surface area contributed by atoms with Crippen LogP contribution in [0.4, 0.5) is 10.5 Å². The number of hydrogen-bond donors (Lipinski definition) is 2. The molecule has 21 heavy (non-hydrogen) atoms. The predicted molar refractivity (Wildman–Crippen MR) is 81.5 cm³/mol. The van der Waals surface area contributed by atoms with Crippen LogP contribution in [0.5, 0.6) is 0 Å². The van der Waals surface area contributed by atoms with Crippen LogP contribution in [0.15, 0.2) is 24.3 Å². The molecule has 2 N–H and O–H groups in total. The van der Waals surface area contributed by atoms with Crippen LogP contribution >= 0.6 is 0 Å². The van der Waals surface area contributed by atoms with Gasteiger partial charge in [0.15, 0.2) is 0 Å². The van der Waals surface area contributed by atoms with Crippen molar-refractivity contribution in [2.75, 3.05) is 18.0 Å². The first kappa shape index (κ1) is 15.4. The lowest BCUT2D eigenvalue weighted by Crippen LogP contribution is -2.48. The van der Waals surface area contributed by atoms with Crippen molar-refractivity contribution in [3.8, 4) is 0 Å². The third kappa shape index (κ3) is 3.74. The lowest BCUT2D eigenvalue weighted by molar-refractivity contribution is -0.141. The number of nitrogens with one attached hydrogen (secondary N) is 1. The third-order valence-electron chi connectivity index (χ3n) is 3.52. The number of nitrogens with zero attached hydrogens (tertiary/aromatic N) is 1. The van der Waals surface area contributed by atoms with Crippen molar-refractivity contribution in [3.63, 3.8) is 0 Å². The van der Waals surface area contributed by atoms with Gasteiger partial charge in [0, 0.05) is 18.8 Å². The molecule has 114 valence electrons. The second-order valence-corrected chi connectivity index (χ2v) is 6.70. The number of carboxylic acids is 1. The van der Waals surface area contributed by atoms with Gasteiger partial charge in [-0.3, -0.25) is 9.69 Å². The molecule has 1 aliphatic heterocycles. The summed E-state index contributed by atoms with van der Waals surface area (Å²) in [5.41, 5.74) is 1.69. The molecule has 1 aromatic rings. The van der Waals surface area contributed by atoms with Crippen LogP contribution in [0.1, 0.15) is 26.3 Å². The number of hydrogen-bond acceptors (Lipinski definition) is 2. The van der Waals surface area contributed by atoms with E-state index in [4.69, 9.17) is 0 Å². The molecule has 0 fully saturated rings. The molecule has 0 spiro atoms. The monoisotopic (exact) mass is 290 g/mol. The highest BCUT2D eigenvalue weighted by atomic mass is 16.4. The summed E-state index contributed by atoms with van der Waals surface area (Å²) in [6.07, 6.45) is 0.467. The molecule has 5 heteroatoms. The van der Waals surface area contributed by atoms with Gasteiger partial charge in [0.25, 0.3) is 0 Å². The fourth-order valence-electron chi connectivity index (χ4n) is 2.39. The smallest absolute Gasteiger partial charge is 0.321 e. The number of benzene rings is 1. The van der Waals surface area contributed by atoms with E-state index in [0.717, 1.165) is 11.3 Å². The van der Waals surface area contributed by atoms with E-state index in [1.807, 2.05) is 45.0 Å². The second-order valence-electron chi connectivity index (χ2n) is 6.70. The number of urea groups is 1. The molecule has 1 atom stereocenters.